The molecular formula is C10H14N2. The number of anilines is 1. The smallest absolute Gasteiger partial charge is 0.0316 e. The summed E-state index contributed by atoms with van der Waals surface area (Å²) in [5.41, 5.74) is 15.2. The van der Waals surface area contributed by atoms with E-state index in [1.807, 2.05) is 12.1 Å². The van der Waals surface area contributed by atoms with E-state index in [-0.39, 0.29) is 0 Å². The second-order valence-electron chi connectivity index (χ2n) is 3.53. The molecule has 0 amide bonds. The van der Waals surface area contributed by atoms with Gasteiger partial charge in [0, 0.05) is 11.7 Å². The van der Waals surface area contributed by atoms with Gasteiger partial charge in [-0.2, -0.15) is 0 Å². The van der Waals surface area contributed by atoms with Crippen molar-refractivity contribution in [2.45, 2.75) is 25.3 Å². The Bertz CT molecular complexity index is 294. The number of aryl methyl sites for hydroxylation is 1. The highest BCUT2D eigenvalue weighted by atomic mass is 14.6. The van der Waals surface area contributed by atoms with Crippen LogP contribution >= 0.6 is 0 Å². The highest BCUT2D eigenvalue weighted by molar-refractivity contribution is 5.45. The summed E-state index contributed by atoms with van der Waals surface area (Å²) >= 11 is 0. The maximum absolute atomic E-state index is 5.86. The lowest BCUT2D eigenvalue weighted by molar-refractivity contribution is 0.577. The van der Waals surface area contributed by atoms with Crippen molar-refractivity contribution in [3.05, 3.63) is 29.3 Å². The predicted molar refractivity (Wildman–Crippen MR) is 50.9 cm³/mol. The summed E-state index contributed by atoms with van der Waals surface area (Å²) in [6.07, 6.45) is 3.20. The summed E-state index contributed by atoms with van der Waals surface area (Å²) in [6, 6.07) is 6.47. The van der Waals surface area contributed by atoms with Gasteiger partial charge in [-0.05, 0) is 42.5 Å². The van der Waals surface area contributed by atoms with Crippen LogP contribution in [0.15, 0.2) is 18.2 Å². The minimum absolute atomic E-state index is 0.333. The SMILES string of the molecule is Nc1ccc2c(c1)C[C@H](N)CC2. The van der Waals surface area contributed by atoms with Crippen molar-refractivity contribution in [1.82, 2.24) is 0 Å². The molecule has 2 nitrogen and oxygen atoms in total. The Hall–Kier alpha value is -1.02. The molecule has 0 bridgehead atoms. The van der Waals surface area contributed by atoms with E-state index in [4.69, 9.17) is 11.5 Å². The first-order valence-electron chi connectivity index (χ1n) is 4.38. The minimum atomic E-state index is 0.333. The fourth-order valence-electron chi connectivity index (χ4n) is 1.81. The second kappa shape index (κ2) is 2.79. The van der Waals surface area contributed by atoms with E-state index in [2.05, 4.69) is 6.07 Å². The lowest BCUT2D eigenvalue weighted by atomic mass is 9.88. The summed E-state index contributed by atoms with van der Waals surface area (Å²) in [5, 5.41) is 0. The Morgan fingerprint density at radius 2 is 2.08 bits per heavy atom. The van der Waals surface area contributed by atoms with Crippen LogP contribution < -0.4 is 11.5 Å². The van der Waals surface area contributed by atoms with Crippen molar-refractivity contribution in [1.29, 1.82) is 0 Å². The fraction of sp³-hybridized carbons (Fsp3) is 0.400. The molecule has 0 fully saturated rings. The first kappa shape index (κ1) is 7.62. The Labute approximate surface area is 72.6 Å². The van der Waals surface area contributed by atoms with Gasteiger partial charge in [0.15, 0.2) is 0 Å². The van der Waals surface area contributed by atoms with Crippen LogP contribution in [-0.4, -0.2) is 6.04 Å². The molecule has 12 heavy (non-hydrogen) atoms. The first-order chi connectivity index (χ1) is 5.75. The van der Waals surface area contributed by atoms with E-state index >= 15 is 0 Å². The average Bonchev–Trinajstić information content (AvgIpc) is 2.03. The van der Waals surface area contributed by atoms with E-state index in [0.717, 1.165) is 24.9 Å². The Kier molecular flexibility index (Phi) is 1.77. The number of fused-ring (bicyclic) bond motifs is 1. The number of benzene rings is 1. The molecule has 4 N–H and O–H groups in total. The average molecular weight is 162 g/mol. The maximum atomic E-state index is 5.86. The number of rotatable bonds is 0. The van der Waals surface area contributed by atoms with Gasteiger partial charge in [-0.3, -0.25) is 0 Å². The molecule has 64 valence electrons. The standard InChI is InChI=1S/C10H14N2/c11-9-3-1-7-2-4-10(12)6-8(7)5-9/h1,3,5,10H,2,4,6,11-12H2/t10-/m1/s1. The molecule has 0 aliphatic heterocycles. The van der Waals surface area contributed by atoms with Crippen LogP contribution in [0.25, 0.3) is 0 Å². The molecule has 2 rings (SSSR count). The minimum Gasteiger partial charge on any atom is -0.399 e. The molecule has 0 saturated heterocycles. The molecule has 0 radical (unpaired) electrons. The Balaban J connectivity index is 2.37. The molecule has 2 heteroatoms. The summed E-state index contributed by atoms with van der Waals surface area (Å²) in [7, 11) is 0. The van der Waals surface area contributed by atoms with Gasteiger partial charge in [-0.15, -0.1) is 0 Å². The lowest BCUT2D eigenvalue weighted by Gasteiger charge is -2.21. The topological polar surface area (TPSA) is 52.0 Å². The second-order valence-corrected chi connectivity index (χ2v) is 3.53. The van der Waals surface area contributed by atoms with Crippen LogP contribution in [0.4, 0.5) is 5.69 Å². The molecule has 1 aromatic carbocycles. The molecule has 1 aromatic rings. The van der Waals surface area contributed by atoms with Gasteiger partial charge in [0.05, 0.1) is 0 Å². The van der Waals surface area contributed by atoms with Gasteiger partial charge in [0.2, 0.25) is 0 Å². The van der Waals surface area contributed by atoms with Crippen LogP contribution in [-0.2, 0) is 12.8 Å². The van der Waals surface area contributed by atoms with E-state index in [1.54, 1.807) is 0 Å². The number of nitrogens with two attached hydrogens (primary N) is 2. The van der Waals surface area contributed by atoms with Gasteiger partial charge in [-0.1, -0.05) is 6.07 Å². The molecule has 0 saturated carbocycles. The zero-order valence-electron chi connectivity index (χ0n) is 7.09. The summed E-state index contributed by atoms with van der Waals surface area (Å²) in [4.78, 5) is 0. The van der Waals surface area contributed by atoms with Crippen molar-refractivity contribution < 1.29 is 0 Å². The zero-order chi connectivity index (χ0) is 8.55. The number of hydrogen-bond acceptors (Lipinski definition) is 2. The van der Waals surface area contributed by atoms with Crippen molar-refractivity contribution in [2.24, 2.45) is 5.73 Å². The van der Waals surface area contributed by atoms with Gasteiger partial charge in [-0.25, -0.2) is 0 Å². The van der Waals surface area contributed by atoms with E-state index in [9.17, 15) is 0 Å². The number of hydrogen-bond donors (Lipinski definition) is 2. The predicted octanol–water partition coefficient (Wildman–Crippen LogP) is 1.08. The Morgan fingerprint density at radius 3 is 2.92 bits per heavy atom. The van der Waals surface area contributed by atoms with Crippen LogP contribution in [0.2, 0.25) is 0 Å². The normalized spacial score (nSPS) is 21.9. The van der Waals surface area contributed by atoms with Gasteiger partial charge in [0.25, 0.3) is 0 Å². The molecule has 1 aliphatic rings. The third kappa shape index (κ3) is 1.30. The quantitative estimate of drug-likeness (QED) is 0.561. The monoisotopic (exact) mass is 162 g/mol. The van der Waals surface area contributed by atoms with Crippen molar-refractivity contribution >= 4 is 5.69 Å². The summed E-state index contributed by atoms with van der Waals surface area (Å²) in [6.45, 7) is 0. The van der Waals surface area contributed by atoms with Gasteiger partial charge in [0.1, 0.15) is 0 Å². The molecule has 1 aliphatic carbocycles. The molecule has 1 atom stereocenters. The van der Waals surface area contributed by atoms with E-state index in [0.29, 0.717) is 6.04 Å². The summed E-state index contributed by atoms with van der Waals surface area (Å²) < 4.78 is 0. The number of nitrogen functional groups attached to an aromatic ring is 1. The lowest BCUT2D eigenvalue weighted by Crippen LogP contribution is -2.27. The van der Waals surface area contributed by atoms with Gasteiger partial charge >= 0.3 is 0 Å². The van der Waals surface area contributed by atoms with Crippen molar-refractivity contribution in [3.8, 4) is 0 Å². The van der Waals surface area contributed by atoms with Crippen LogP contribution in [0, 0.1) is 0 Å². The van der Waals surface area contributed by atoms with Crippen molar-refractivity contribution in [3.63, 3.8) is 0 Å². The van der Waals surface area contributed by atoms with Crippen LogP contribution in [0.3, 0.4) is 0 Å². The van der Waals surface area contributed by atoms with E-state index < -0.39 is 0 Å². The zero-order valence-corrected chi connectivity index (χ0v) is 7.09. The first-order valence-corrected chi connectivity index (χ1v) is 4.38. The highest BCUT2D eigenvalue weighted by Gasteiger charge is 2.14. The van der Waals surface area contributed by atoms with Crippen LogP contribution in [0.5, 0.6) is 0 Å². The third-order valence-corrected chi connectivity index (χ3v) is 2.50. The Morgan fingerprint density at radius 1 is 1.25 bits per heavy atom. The van der Waals surface area contributed by atoms with Crippen molar-refractivity contribution in [2.75, 3.05) is 5.73 Å². The third-order valence-electron chi connectivity index (χ3n) is 2.50. The fourth-order valence-corrected chi connectivity index (χ4v) is 1.81. The largest absolute Gasteiger partial charge is 0.399 e. The maximum Gasteiger partial charge on any atom is 0.0316 e. The molecule has 0 spiro atoms. The summed E-state index contributed by atoms with van der Waals surface area (Å²) in [5.74, 6) is 0. The molecule has 0 heterocycles. The molecule has 0 aromatic heterocycles. The molecule has 0 unspecified atom stereocenters. The van der Waals surface area contributed by atoms with Gasteiger partial charge < -0.3 is 11.5 Å². The van der Waals surface area contributed by atoms with E-state index in [1.165, 1.54) is 11.1 Å². The van der Waals surface area contributed by atoms with Crippen LogP contribution in [0.1, 0.15) is 17.5 Å². The highest BCUT2D eigenvalue weighted by Crippen LogP contribution is 2.22. The molecular weight excluding hydrogens is 148 g/mol.